The lowest BCUT2D eigenvalue weighted by Gasteiger charge is -2.41. The maximum absolute atomic E-state index is 13.3. The van der Waals surface area contributed by atoms with Crippen molar-refractivity contribution < 1.29 is 4.39 Å². The second-order valence-electron chi connectivity index (χ2n) is 6.46. The van der Waals surface area contributed by atoms with Gasteiger partial charge in [0, 0.05) is 64.3 Å². The van der Waals surface area contributed by atoms with Crippen LogP contribution in [0.3, 0.4) is 0 Å². The highest BCUT2D eigenvalue weighted by atomic mass is 19.1. The topological polar surface area (TPSA) is 30.5 Å². The van der Waals surface area contributed by atoms with Crippen LogP contribution < -0.4 is 10.6 Å². The van der Waals surface area contributed by atoms with Crippen molar-refractivity contribution in [2.24, 2.45) is 0 Å². The van der Waals surface area contributed by atoms with Gasteiger partial charge in [-0.2, -0.15) is 0 Å². The van der Waals surface area contributed by atoms with Crippen molar-refractivity contribution in [2.75, 3.05) is 59.4 Å². The van der Waals surface area contributed by atoms with E-state index in [0.29, 0.717) is 12.0 Å². The number of benzene rings is 1. The molecule has 0 spiro atoms. The van der Waals surface area contributed by atoms with Gasteiger partial charge < -0.3 is 20.4 Å². The highest BCUT2D eigenvalue weighted by Crippen LogP contribution is 2.26. The van der Waals surface area contributed by atoms with E-state index in [1.165, 1.54) is 5.56 Å². The quantitative estimate of drug-likeness (QED) is 0.858. The molecule has 0 bridgehead atoms. The molecule has 2 heterocycles. The summed E-state index contributed by atoms with van der Waals surface area (Å²) in [6.45, 7) is 8.50. The van der Waals surface area contributed by atoms with Crippen LogP contribution in [-0.2, 0) is 0 Å². The minimum Gasteiger partial charge on any atom is -0.314 e. The van der Waals surface area contributed by atoms with Crippen LogP contribution in [0.1, 0.15) is 11.5 Å². The van der Waals surface area contributed by atoms with Gasteiger partial charge >= 0.3 is 0 Å². The zero-order chi connectivity index (χ0) is 15.4. The van der Waals surface area contributed by atoms with Gasteiger partial charge in [-0.05, 0) is 24.7 Å². The molecule has 0 amide bonds. The third-order valence-electron chi connectivity index (χ3n) is 4.99. The molecule has 2 atom stereocenters. The second-order valence-corrected chi connectivity index (χ2v) is 6.46. The number of nitrogens with one attached hydrogen (secondary N) is 2. The molecule has 4 nitrogen and oxygen atoms in total. The molecule has 3 rings (SSSR count). The first kappa shape index (κ1) is 15.9. The van der Waals surface area contributed by atoms with Crippen LogP contribution in [-0.4, -0.2) is 75.2 Å². The summed E-state index contributed by atoms with van der Waals surface area (Å²) in [6.07, 6.45) is 0. The minimum absolute atomic E-state index is 0.153. The Morgan fingerprint density at radius 3 is 2.45 bits per heavy atom. The van der Waals surface area contributed by atoms with Gasteiger partial charge in [0.25, 0.3) is 0 Å². The third kappa shape index (κ3) is 3.84. The molecule has 0 aromatic heterocycles. The van der Waals surface area contributed by atoms with Crippen LogP contribution in [0.15, 0.2) is 24.3 Å². The molecule has 2 fully saturated rings. The van der Waals surface area contributed by atoms with Gasteiger partial charge in [-0.25, -0.2) is 4.39 Å². The van der Waals surface area contributed by atoms with Crippen LogP contribution in [0.2, 0.25) is 0 Å². The smallest absolute Gasteiger partial charge is 0.123 e. The van der Waals surface area contributed by atoms with E-state index in [1.54, 1.807) is 12.1 Å². The van der Waals surface area contributed by atoms with Gasteiger partial charge in [0.1, 0.15) is 5.82 Å². The van der Waals surface area contributed by atoms with Crippen molar-refractivity contribution in [3.8, 4) is 0 Å². The molecule has 0 aliphatic carbocycles. The predicted octanol–water partition coefficient (Wildman–Crippen LogP) is 0.718. The summed E-state index contributed by atoms with van der Waals surface area (Å²) in [6, 6.07) is 7.58. The van der Waals surface area contributed by atoms with Gasteiger partial charge in [-0.15, -0.1) is 0 Å². The van der Waals surface area contributed by atoms with Crippen LogP contribution in [0.25, 0.3) is 0 Å². The summed E-state index contributed by atoms with van der Waals surface area (Å²) in [5.74, 6) is 0.260. The van der Waals surface area contributed by atoms with Crippen molar-refractivity contribution in [3.63, 3.8) is 0 Å². The van der Waals surface area contributed by atoms with E-state index in [0.717, 1.165) is 52.4 Å². The van der Waals surface area contributed by atoms with Crippen molar-refractivity contribution in [1.82, 2.24) is 20.4 Å². The van der Waals surface area contributed by atoms with Crippen molar-refractivity contribution in [1.29, 1.82) is 0 Å². The number of halogens is 1. The highest BCUT2D eigenvalue weighted by Gasteiger charge is 2.30. The number of hydrogen-bond donors (Lipinski definition) is 2. The molecule has 2 aliphatic heterocycles. The fraction of sp³-hybridized carbons (Fsp3) is 0.647. The van der Waals surface area contributed by atoms with E-state index in [-0.39, 0.29) is 5.82 Å². The Morgan fingerprint density at radius 2 is 1.77 bits per heavy atom. The Morgan fingerprint density at radius 1 is 1.09 bits per heavy atom. The molecule has 0 saturated carbocycles. The number of hydrogen-bond acceptors (Lipinski definition) is 4. The van der Waals surface area contributed by atoms with Crippen molar-refractivity contribution in [3.05, 3.63) is 35.6 Å². The lowest BCUT2D eigenvalue weighted by atomic mass is 9.88. The first-order chi connectivity index (χ1) is 10.7. The van der Waals surface area contributed by atoms with Gasteiger partial charge in [-0.3, -0.25) is 0 Å². The molecular weight excluding hydrogens is 279 g/mol. The van der Waals surface area contributed by atoms with Gasteiger partial charge in [0.2, 0.25) is 0 Å². The van der Waals surface area contributed by atoms with E-state index >= 15 is 0 Å². The Bertz CT molecular complexity index is 458. The van der Waals surface area contributed by atoms with E-state index in [2.05, 4.69) is 27.5 Å². The second kappa shape index (κ2) is 7.51. The van der Waals surface area contributed by atoms with Crippen LogP contribution >= 0.6 is 0 Å². The molecule has 0 unspecified atom stereocenters. The molecule has 2 N–H and O–H groups in total. The summed E-state index contributed by atoms with van der Waals surface area (Å²) < 4.78 is 13.3. The Balaban J connectivity index is 1.78. The van der Waals surface area contributed by atoms with Crippen LogP contribution in [0.5, 0.6) is 0 Å². The maximum atomic E-state index is 13.3. The molecule has 0 radical (unpaired) electrons. The summed E-state index contributed by atoms with van der Waals surface area (Å²) in [5.41, 5.74) is 1.25. The van der Waals surface area contributed by atoms with E-state index in [4.69, 9.17) is 0 Å². The van der Waals surface area contributed by atoms with Crippen LogP contribution in [0.4, 0.5) is 4.39 Å². The normalized spacial score (nSPS) is 26.0. The standard InChI is InChI=1S/C17H27FN4/c1-21-9-6-20-12-17(21)16(13-22-10-7-19-8-11-22)14-2-4-15(18)5-3-14/h2-5,16-17,19-20H,6-13H2,1H3/t16-,17+/m0/s1. The first-order valence-corrected chi connectivity index (χ1v) is 8.33. The maximum Gasteiger partial charge on any atom is 0.123 e. The SMILES string of the molecule is CN1CCNC[C@@H]1[C@@H](CN1CCNCC1)c1ccc(F)cc1. The zero-order valence-electron chi connectivity index (χ0n) is 13.4. The molecule has 22 heavy (non-hydrogen) atoms. The molecular formula is C17H27FN4. The lowest BCUT2D eigenvalue weighted by Crippen LogP contribution is -2.55. The van der Waals surface area contributed by atoms with E-state index in [1.807, 2.05) is 12.1 Å². The summed E-state index contributed by atoms with van der Waals surface area (Å²) in [4.78, 5) is 4.99. The molecule has 2 saturated heterocycles. The Hall–Kier alpha value is -1.01. The summed E-state index contributed by atoms with van der Waals surface area (Å²) in [7, 11) is 2.21. The summed E-state index contributed by atoms with van der Waals surface area (Å²) in [5, 5.41) is 6.93. The Labute approximate surface area is 132 Å². The number of piperazine rings is 2. The average molecular weight is 306 g/mol. The molecule has 1 aromatic rings. The molecule has 2 aliphatic rings. The van der Waals surface area contributed by atoms with E-state index in [9.17, 15) is 4.39 Å². The van der Waals surface area contributed by atoms with E-state index < -0.39 is 0 Å². The minimum atomic E-state index is -0.153. The predicted molar refractivity (Wildman–Crippen MR) is 87.7 cm³/mol. The van der Waals surface area contributed by atoms with Gasteiger partial charge in [0.05, 0.1) is 0 Å². The fourth-order valence-corrected chi connectivity index (χ4v) is 3.61. The number of rotatable bonds is 4. The fourth-order valence-electron chi connectivity index (χ4n) is 3.61. The summed E-state index contributed by atoms with van der Waals surface area (Å²) >= 11 is 0. The third-order valence-corrected chi connectivity index (χ3v) is 4.99. The van der Waals surface area contributed by atoms with Crippen LogP contribution in [0, 0.1) is 5.82 Å². The zero-order valence-corrected chi connectivity index (χ0v) is 13.4. The molecule has 122 valence electrons. The van der Waals surface area contributed by atoms with Gasteiger partial charge in [0.15, 0.2) is 0 Å². The molecule has 5 heteroatoms. The monoisotopic (exact) mass is 306 g/mol. The highest BCUT2D eigenvalue weighted by molar-refractivity contribution is 5.23. The Kier molecular flexibility index (Phi) is 5.41. The lowest BCUT2D eigenvalue weighted by molar-refractivity contribution is 0.137. The molecule has 1 aromatic carbocycles. The van der Waals surface area contributed by atoms with Crippen molar-refractivity contribution in [2.45, 2.75) is 12.0 Å². The van der Waals surface area contributed by atoms with Gasteiger partial charge in [-0.1, -0.05) is 12.1 Å². The van der Waals surface area contributed by atoms with Crippen molar-refractivity contribution >= 4 is 0 Å². The largest absolute Gasteiger partial charge is 0.314 e. The first-order valence-electron chi connectivity index (χ1n) is 8.33. The average Bonchev–Trinajstić information content (AvgIpc) is 2.55. The number of nitrogens with zero attached hydrogens (tertiary/aromatic N) is 2. The number of likely N-dealkylation sites (N-methyl/N-ethyl adjacent to an activating group) is 1.